The Labute approximate surface area is 186 Å². The molecule has 3 aromatic rings. The van der Waals surface area contributed by atoms with Gasteiger partial charge in [-0.2, -0.15) is 0 Å². The Kier molecular flexibility index (Phi) is 5.90. The lowest BCUT2D eigenvalue weighted by Crippen LogP contribution is -2.28. The number of hydrogen-bond donors (Lipinski definition) is 2. The van der Waals surface area contributed by atoms with E-state index in [2.05, 4.69) is 23.2 Å². The summed E-state index contributed by atoms with van der Waals surface area (Å²) < 4.78 is 0. The van der Waals surface area contributed by atoms with Crippen molar-refractivity contribution in [1.82, 2.24) is 9.88 Å². The highest BCUT2D eigenvalue weighted by Gasteiger charge is 2.27. The van der Waals surface area contributed by atoms with Crippen molar-refractivity contribution in [3.8, 4) is 12.3 Å². The molecule has 3 N–H and O–H groups in total. The molecule has 0 bridgehead atoms. The van der Waals surface area contributed by atoms with Crippen molar-refractivity contribution < 1.29 is 4.79 Å². The number of nitrogens with zero attached hydrogens (tertiary/aromatic N) is 2. The van der Waals surface area contributed by atoms with Gasteiger partial charge in [0.15, 0.2) is 0 Å². The molecule has 1 amide bonds. The zero-order chi connectivity index (χ0) is 22.0. The highest BCUT2D eigenvalue weighted by molar-refractivity contribution is 7.21. The standard InChI is InChI=1S/C25H24N4OS/c1-4-9-16(10-5-2)20-18-15-29(3)14-13-19(18)28-25-21(20)22(26)23(31-25)24(30)27-17-11-7-6-8-12-17/h1,5-12H,13-15,26H2,2-3H3,(H,27,30)/b10-5-,16-9+. The highest BCUT2D eigenvalue weighted by Crippen LogP contribution is 2.42. The Morgan fingerprint density at radius 2 is 2.13 bits per heavy atom. The Balaban J connectivity index is 1.93. The predicted octanol–water partition coefficient (Wildman–Crippen LogP) is 4.71. The number of aromatic nitrogens is 1. The van der Waals surface area contributed by atoms with Crippen molar-refractivity contribution in [2.24, 2.45) is 0 Å². The second-order valence-electron chi connectivity index (χ2n) is 7.51. The van der Waals surface area contributed by atoms with Gasteiger partial charge >= 0.3 is 0 Å². The van der Waals surface area contributed by atoms with Gasteiger partial charge in [-0.25, -0.2) is 4.98 Å². The lowest BCUT2D eigenvalue weighted by molar-refractivity contribution is 0.103. The van der Waals surface area contributed by atoms with E-state index in [1.54, 1.807) is 6.08 Å². The van der Waals surface area contributed by atoms with Crippen molar-refractivity contribution in [2.75, 3.05) is 24.6 Å². The van der Waals surface area contributed by atoms with Crippen molar-refractivity contribution in [1.29, 1.82) is 0 Å². The van der Waals surface area contributed by atoms with E-state index in [-0.39, 0.29) is 5.91 Å². The van der Waals surface area contributed by atoms with Crippen molar-refractivity contribution in [3.63, 3.8) is 0 Å². The van der Waals surface area contributed by atoms with Crippen LogP contribution in [-0.2, 0) is 13.0 Å². The first kappa shape index (κ1) is 20.9. The Hall–Kier alpha value is -3.40. The number of allylic oxidation sites excluding steroid dienone is 4. The fourth-order valence-electron chi connectivity index (χ4n) is 3.93. The van der Waals surface area contributed by atoms with Crippen LogP contribution in [-0.4, -0.2) is 29.4 Å². The molecule has 5 nitrogen and oxygen atoms in total. The lowest BCUT2D eigenvalue weighted by Gasteiger charge is -2.27. The summed E-state index contributed by atoms with van der Waals surface area (Å²) in [5.41, 5.74) is 11.8. The first-order chi connectivity index (χ1) is 15.0. The number of anilines is 2. The van der Waals surface area contributed by atoms with E-state index in [1.165, 1.54) is 11.3 Å². The van der Waals surface area contributed by atoms with Crippen molar-refractivity contribution in [3.05, 3.63) is 70.3 Å². The summed E-state index contributed by atoms with van der Waals surface area (Å²) >= 11 is 1.33. The lowest BCUT2D eigenvalue weighted by atomic mass is 9.91. The average Bonchev–Trinajstić information content (AvgIpc) is 3.09. The topological polar surface area (TPSA) is 71.2 Å². The summed E-state index contributed by atoms with van der Waals surface area (Å²) in [7, 11) is 2.09. The number of rotatable bonds is 4. The van der Waals surface area contributed by atoms with Crippen LogP contribution in [0.15, 0.2) is 48.6 Å². The van der Waals surface area contributed by atoms with Gasteiger partial charge in [-0.15, -0.1) is 17.8 Å². The van der Waals surface area contributed by atoms with E-state index in [0.29, 0.717) is 10.6 Å². The maximum absolute atomic E-state index is 13.0. The molecular formula is C25H24N4OS. The van der Waals surface area contributed by atoms with Crippen LogP contribution in [0, 0.1) is 12.3 Å². The molecule has 0 spiro atoms. The van der Waals surface area contributed by atoms with Crippen LogP contribution < -0.4 is 11.1 Å². The molecule has 1 aromatic carbocycles. The third-order valence-corrected chi connectivity index (χ3v) is 6.43. The molecule has 1 aliphatic rings. The number of hydrogen-bond acceptors (Lipinski definition) is 5. The van der Waals surface area contributed by atoms with Crippen LogP contribution in [0.1, 0.15) is 33.4 Å². The second kappa shape index (κ2) is 8.76. The third-order valence-electron chi connectivity index (χ3n) is 5.33. The molecular weight excluding hydrogens is 404 g/mol. The van der Waals surface area contributed by atoms with E-state index in [9.17, 15) is 4.79 Å². The fourth-order valence-corrected chi connectivity index (χ4v) is 4.95. The first-order valence-corrected chi connectivity index (χ1v) is 10.9. The highest BCUT2D eigenvalue weighted by atomic mass is 32.1. The molecule has 0 atom stereocenters. The number of carbonyl (C=O) groups is 1. The molecule has 0 fully saturated rings. The minimum atomic E-state index is -0.235. The number of likely N-dealkylation sites (N-methyl/N-ethyl adjacent to an activating group) is 1. The number of terminal acetylenes is 1. The van der Waals surface area contributed by atoms with Crippen LogP contribution >= 0.6 is 11.3 Å². The molecule has 6 heteroatoms. The summed E-state index contributed by atoms with van der Waals surface area (Å²) in [5.74, 6) is 2.42. The molecule has 31 heavy (non-hydrogen) atoms. The minimum absolute atomic E-state index is 0.235. The maximum Gasteiger partial charge on any atom is 0.267 e. The zero-order valence-corrected chi connectivity index (χ0v) is 18.4. The van der Waals surface area contributed by atoms with E-state index >= 15 is 0 Å². The zero-order valence-electron chi connectivity index (χ0n) is 17.6. The van der Waals surface area contributed by atoms with Gasteiger partial charge in [0.1, 0.15) is 9.71 Å². The monoisotopic (exact) mass is 428 g/mol. The van der Waals surface area contributed by atoms with Crippen molar-refractivity contribution in [2.45, 2.75) is 19.9 Å². The summed E-state index contributed by atoms with van der Waals surface area (Å²) in [6, 6.07) is 9.35. The summed E-state index contributed by atoms with van der Waals surface area (Å²) in [6.07, 6.45) is 12.2. The SMILES string of the molecule is C#C/C=C(\C=C/C)c1c2c(nc3sc(C(=O)Nc4ccccc4)c(N)c13)CCN(C)C2. The van der Waals surface area contributed by atoms with Crippen LogP contribution in [0.25, 0.3) is 15.8 Å². The van der Waals surface area contributed by atoms with Crippen molar-refractivity contribution >= 4 is 44.4 Å². The van der Waals surface area contributed by atoms with Gasteiger partial charge in [0, 0.05) is 41.8 Å². The number of nitrogen functional groups attached to an aromatic ring is 1. The van der Waals surface area contributed by atoms with E-state index < -0.39 is 0 Å². The predicted molar refractivity (Wildman–Crippen MR) is 130 cm³/mol. The number of amides is 1. The first-order valence-electron chi connectivity index (χ1n) is 10.1. The molecule has 0 radical (unpaired) electrons. The number of benzene rings is 1. The number of nitrogens with one attached hydrogen (secondary N) is 1. The second-order valence-corrected chi connectivity index (χ2v) is 8.51. The van der Waals surface area contributed by atoms with Gasteiger partial charge in [0.25, 0.3) is 5.91 Å². The molecule has 2 aromatic heterocycles. The maximum atomic E-state index is 13.0. The quantitative estimate of drug-likeness (QED) is 0.466. The van der Waals surface area contributed by atoms with Gasteiger partial charge in [0.05, 0.1) is 5.69 Å². The normalized spacial score (nSPS) is 14.5. The Morgan fingerprint density at radius 1 is 1.35 bits per heavy atom. The van der Waals surface area contributed by atoms with Crippen LogP contribution in [0.2, 0.25) is 0 Å². The van der Waals surface area contributed by atoms with E-state index in [4.69, 9.17) is 17.1 Å². The smallest absolute Gasteiger partial charge is 0.267 e. The van der Waals surface area contributed by atoms with Gasteiger partial charge in [-0.05, 0) is 43.3 Å². The Morgan fingerprint density at radius 3 is 2.84 bits per heavy atom. The summed E-state index contributed by atoms with van der Waals surface area (Å²) in [6.45, 7) is 3.65. The van der Waals surface area contributed by atoms with Crippen LogP contribution in [0.5, 0.6) is 0 Å². The number of thiophene rings is 1. The minimum Gasteiger partial charge on any atom is -0.397 e. The number of pyridine rings is 1. The summed E-state index contributed by atoms with van der Waals surface area (Å²) in [5, 5.41) is 3.73. The third kappa shape index (κ3) is 3.98. The molecule has 0 saturated heterocycles. The molecule has 0 saturated carbocycles. The number of fused-ring (bicyclic) bond motifs is 2. The molecule has 3 heterocycles. The van der Waals surface area contributed by atoms with Gasteiger partial charge in [0.2, 0.25) is 0 Å². The van der Waals surface area contributed by atoms with Gasteiger partial charge < -0.3 is 16.0 Å². The van der Waals surface area contributed by atoms with Crippen LogP contribution in [0.4, 0.5) is 11.4 Å². The number of para-hydroxylation sites is 1. The molecule has 1 aliphatic heterocycles. The average molecular weight is 429 g/mol. The van der Waals surface area contributed by atoms with E-state index in [0.717, 1.165) is 57.8 Å². The van der Waals surface area contributed by atoms with Gasteiger partial charge in [-0.3, -0.25) is 4.79 Å². The molecule has 4 rings (SSSR count). The fraction of sp³-hybridized carbons (Fsp3) is 0.200. The van der Waals surface area contributed by atoms with Gasteiger partial charge in [-0.1, -0.05) is 36.3 Å². The Bertz CT molecular complexity index is 1250. The van der Waals surface area contributed by atoms with Crippen LogP contribution in [0.3, 0.4) is 0 Å². The number of nitrogens with two attached hydrogens (primary N) is 1. The molecule has 0 unspecified atom stereocenters. The van der Waals surface area contributed by atoms with E-state index in [1.807, 2.05) is 49.4 Å². The summed E-state index contributed by atoms with van der Waals surface area (Å²) in [4.78, 5) is 21.4. The number of carbonyl (C=O) groups excluding carboxylic acids is 1. The molecule has 0 aliphatic carbocycles. The molecule has 156 valence electrons. The largest absolute Gasteiger partial charge is 0.397 e.